The predicted molar refractivity (Wildman–Crippen MR) is 179 cm³/mol. The van der Waals surface area contributed by atoms with Crippen LogP contribution in [-0.4, -0.2) is 30.3 Å². The monoisotopic (exact) mass is 597 g/mol. The van der Waals surface area contributed by atoms with Gasteiger partial charge in [-0.15, -0.1) is 0 Å². The molecule has 0 saturated carbocycles. The maximum absolute atomic E-state index is 13.6. The summed E-state index contributed by atoms with van der Waals surface area (Å²) in [5, 5.41) is 20.6. The van der Waals surface area contributed by atoms with Crippen LogP contribution in [0.5, 0.6) is 5.75 Å². The van der Waals surface area contributed by atoms with E-state index in [0.717, 1.165) is 41.1 Å². The number of hydrogen-bond donors (Lipinski definition) is 3. The molecule has 0 atom stereocenters. The highest BCUT2D eigenvalue weighted by atomic mass is 16.5. The summed E-state index contributed by atoms with van der Waals surface area (Å²) in [6, 6.07) is 30.6. The van der Waals surface area contributed by atoms with Gasteiger partial charge in [0.1, 0.15) is 11.9 Å². The van der Waals surface area contributed by atoms with Crippen LogP contribution < -0.4 is 20.7 Å². The molecule has 3 N–H and O–H groups in total. The highest BCUT2D eigenvalue weighted by Crippen LogP contribution is 2.35. The Bertz CT molecular complexity index is 1910. The Morgan fingerprint density at radius 3 is 2.33 bits per heavy atom. The van der Waals surface area contributed by atoms with Crippen molar-refractivity contribution in [3.63, 3.8) is 0 Å². The molecule has 0 bridgehead atoms. The Labute approximate surface area is 263 Å². The van der Waals surface area contributed by atoms with Crippen LogP contribution in [0.1, 0.15) is 47.8 Å². The Balaban J connectivity index is 1.37. The number of hydrogen-bond acceptors (Lipinski definition) is 7. The molecule has 0 radical (unpaired) electrons. The number of fused-ring (bicyclic) bond motifs is 1. The molecule has 0 aliphatic heterocycles. The first-order chi connectivity index (χ1) is 21.7. The first kappa shape index (κ1) is 30.8. The summed E-state index contributed by atoms with van der Waals surface area (Å²) in [6.07, 6.45) is 2.61. The quantitative estimate of drug-likeness (QED) is 0.112. The van der Waals surface area contributed by atoms with Crippen molar-refractivity contribution in [3.8, 4) is 11.8 Å². The predicted octanol–water partition coefficient (Wildman–Crippen LogP) is 7.63. The summed E-state index contributed by atoms with van der Waals surface area (Å²) >= 11 is 0. The van der Waals surface area contributed by atoms with Gasteiger partial charge in [-0.2, -0.15) is 5.26 Å². The fourth-order valence-corrected chi connectivity index (χ4v) is 5.11. The fourth-order valence-electron chi connectivity index (χ4n) is 5.11. The molecule has 45 heavy (non-hydrogen) atoms. The molecule has 1 amide bonds. The lowest BCUT2D eigenvalue weighted by Gasteiger charge is -2.22. The second-order valence-electron chi connectivity index (χ2n) is 11.7. The van der Waals surface area contributed by atoms with Crippen LogP contribution in [0.15, 0.2) is 97.2 Å². The summed E-state index contributed by atoms with van der Waals surface area (Å²) in [5.74, 6) is -0.570. The first-order valence-electron chi connectivity index (χ1n) is 14.7. The number of nitriles is 1. The topological polar surface area (TPSA) is 116 Å². The van der Waals surface area contributed by atoms with Gasteiger partial charge in [-0.05, 0) is 58.7 Å². The number of benzene rings is 4. The van der Waals surface area contributed by atoms with Crippen molar-refractivity contribution in [1.29, 1.82) is 5.26 Å². The number of anilines is 4. The molecule has 226 valence electrons. The molecular formula is C37H35N5O3. The number of nitrogens with one attached hydrogen (secondary N) is 3. The molecule has 1 aromatic heterocycles. The molecule has 0 saturated heterocycles. The number of methoxy groups -OCH3 is 1. The third kappa shape index (κ3) is 7.11. The molecule has 0 aliphatic carbocycles. The maximum Gasteiger partial charge on any atom is 0.296 e. The zero-order valence-electron chi connectivity index (χ0n) is 25.8. The molecule has 4 aromatic carbocycles. The average molecular weight is 598 g/mol. The molecule has 5 aromatic rings. The van der Waals surface area contributed by atoms with Crippen LogP contribution >= 0.6 is 0 Å². The number of ketones is 1. The molecular weight excluding hydrogens is 562 g/mol. The number of ether oxygens (including phenoxy) is 1. The summed E-state index contributed by atoms with van der Waals surface area (Å²) < 4.78 is 5.45. The van der Waals surface area contributed by atoms with Crippen molar-refractivity contribution in [3.05, 3.63) is 119 Å². The minimum Gasteiger partial charge on any atom is -0.493 e. The molecule has 0 spiro atoms. The average Bonchev–Trinajstić information content (AvgIpc) is 3.04. The van der Waals surface area contributed by atoms with Gasteiger partial charge < -0.3 is 20.7 Å². The molecule has 1 heterocycles. The minimum atomic E-state index is -0.825. The summed E-state index contributed by atoms with van der Waals surface area (Å²) in [4.78, 5) is 31.3. The number of amides is 1. The first-order valence-corrected chi connectivity index (χ1v) is 14.7. The van der Waals surface area contributed by atoms with E-state index in [1.165, 1.54) is 12.7 Å². The molecule has 8 nitrogen and oxygen atoms in total. The Kier molecular flexibility index (Phi) is 9.10. The lowest BCUT2D eigenvalue weighted by molar-refractivity contribution is -0.112. The third-order valence-corrected chi connectivity index (χ3v) is 7.50. The van der Waals surface area contributed by atoms with Gasteiger partial charge in [0.05, 0.1) is 18.4 Å². The fraction of sp³-hybridized carbons (Fsp3) is 0.189. The number of pyridine rings is 1. The van der Waals surface area contributed by atoms with Gasteiger partial charge in [0, 0.05) is 41.1 Å². The molecule has 8 heteroatoms. The van der Waals surface area contributed by atoms with E-state index in [2.05, 4.69) is 39.1 Å². The number of rotatable bonds is 10. The van der Waals surface area contributed by atoms with Crippen molar-refractivity contribution in [2.45, 2.75) is 32.6 Å². The van der Waals surface area contributed by atoms with Crippen LogP contribution in [0.25, 0.3) is 10.8 Å². The van der Waals surface area contributed by atoms with Crippen molar-refractivity contribution >= 4 is 45.3 Å². The van der Waals surface area contributed by atoms with E-state index in [9.17, 15) is 14.9 Å². The van der Waals surface area contributed by atoms with Crippen LogP contribution in [-0.2, 0) is 16.6 Å². The highest BCUT2D eigenvalue weighted by Gasteiger charge is 2.24. The van der Waals surface area contributed by atoms with E-state index in [-0.39, 0.29) is 28.0 Å². The van der Waals surface area contributed by atoms with Crippen LogP contribution in [0.4, 0.5) is 22.9 Å². The zero-order valence-corrected chi connectivity index (χ0v) is 25.8. The Morgan fingerprint density at radius 1 is 0.889 bits per heavy atom. The van der Waals surface area contributed by atoms with Gasteiger partial charge in [0.2, 0.25) is 0 Å². The van der Waals surface area contributed by atoms with Gasteiger partial charge in [-0.25, -0.2) is 4.98 Å². The largest absolute Gasteiger partial charge is 0.493 e. The lowest BCUT2D eigenvalue weighted by atomic mass is 9.85. The highest BCUT2D eigenvalue weighted by molar-refractivity contribution is 6.48. The van der Waals surface area contributed by atoms with Crippen molar-refractivity contribution in [2.75, 3.05) is 29.6 Å². The molecule has 5 rings (SSSR count). The van der Waals surface area contributed by atoms with Crippen LogP contribution in [0.2, 0.25) is 0 Å². The second kappa shape index (κ2) is 13.3. The standard InChI is InChI=1S/C37H35N5O3/c1-37(2,3)26-20-25(23-38)35(45-4)32(21-26)42-36(44)34(43)30-14-15-31(29-13-9-8-12-28(29)30)41-27-17-19-40-33(22-27)39-18-16-24-10-6-5-7-11-24/h5-15,17,19-22H,16,18H2,1-4H3,(H,42,44)(H2,39,40,41). The summed E-state index contributed by atoms with van der Waals surface area (Å²) in [5.41, 5.74) is 4.20. The molecule has 0 unspecified atom stereocenters. The second-order valence-corrected chi connectivity index (χ2v) is 11.7. The summed E-state index contributed by atoms with van der Waals surface area (Å²) in [6.45, 7) is 6.75. The maximum atomic E-state index is 13.6. The number of carbonyl (C=O) groups excluding carboxylic acids is 2. The van der Waals surface area contributed by atoms with E-state index in [1.54, 1.807) is 30.5 Å². The molecule has 0 fully saturated rings. The Morgan fingerprint density at radius 2 is 1.62 bits per heavy atom. The van der Waals surface area contributed by atoms with Gasteiger partial charge in [0.15, 0.2) is 5.75 Å². The van der Waals surface area contributed by atoms with E-state index in [0.29, 0.717) is 5.39 Å². The van der Waals surface area contributed by atoms with Crippen molar-refractivity contribution in [1.82, 2.24) is 4.98 Å². The van der Waals surface area contributed by atoms with Gasteiger partial charge >= 0.3 is 0 Å². The SMILES string of the molecule is COc1c(C#N)cc(C(C)(C)C)cc1NC(=O)C(=O)c1ccc(Nc2ccnc(NCCc3ccccc3)c2)c2ccccc12. The van der Waals surface area contributed by atoms with Crippen LogP contribution in [0.3, 0.4) is 0 Å². The van der Waals surface area contributed by atoms with Gasteiger partial charge in [-0.1, -0.05) is 75.4 Å². The lowest BCUT2D eigenvalue weighted by Crippen LogP contribution is -2.24. The molecule has 0 aliphatic rings. The van der Waals surface area contributed by atoms with Crippen LogP contribution in [0, 0.1) is 11.3 Å². The van der Waals surface area contributed by atoms with E-state index in [4.69, 9.17) is 4.74 Å². The Hall–Kier alpha value is -5.68. The summed E-state index contributed by atoms with van der Waals surface area (Å²) in [7, 11) is 1.43. The van der Waals surface area contributed by atoms with E-state index in [1.807, 2.05) is 75.4 Å². The number of nitrogens with zero attached hydrogens (tertiary/aromatic N) is 2. The minimum absolute atomic E-state index is 0.210. The normalized spacial score (nSPS) is 11.0. The number of aromatic nitrogens is 1. The van der Waals surface area contributed by atoms with E-state index >= 15 is 0 Å². The van der Waals surface area contributed by atoms with Gasteiger partial charge in [0.25, 0.3) is 11.7 Å². The van der Waals surface area contributed by atoms with E-state index < -0.39 is 11.7 Å². The van der Waals surface area contributed by atoms with Gasteiger partial charge in [-0.3, -0.25) is 9.59 Å². The smallest absolute Gasteiger partial charge is 0.296 e. The van der Waals surface area contributed by atoms with Crippen molar-refractivity contribution < 1.29 is 14.3 Å². The van der Waals surface area contributed by atoms with Crippen molar-refractivity contribution in [2.24, 2.45) is 0 Å². The number of carbonyl (C=O) groups is 2. The third-order valence-electron chi connectivity index (χ3n) is 7.50. The zero-order chi connectivity index (χ0) is 32.0. The number of Topliss-reactive ketones (excluding diaryl/α,β-unsaturated/α-hetero) is 1.